The number of halogens is 1. The maximum atomic E-state index is 6.64. The van der Waals surface area contributed by atoms with Crippen molar-refractivity contribution in [3.05, 3.63) is 22.2 Å². The molecule has 0 amide bonds. The molecule has 104 valence electrons. The monoisotopic (exact) mass is 281 g/mol. The van der Waals surface area contributed by atoms with Gasteiger partial charge in [0.05, 0.1) is 18.7 Å². The lowest BCUT2D eigenvalue weighted by Crippen LogP contribution is -2.32. The van der Waals surface area contributed by atoms with Crippen molar-refractivity contribution in [2.75, 3.05) is 20.3 Å². The van der Waals surface area contributed by atoms with E-state index in [2.05, 4.69) is 0 Å². The van der Waals surface area contributed by atoms with E-state index in [1.54, 1.807) is 7.11 Å². The van der Waals surface area contributed by atoms with Crippen LogP contribution < -0.4 is 15.2 Å². The predicted molar refractivity (Wildman–Crippen MR) is 76.4 cm³/mol. The van der Waals surface area contributed by atoms with Crippen LogP contribution in [0.5, 0.6) is 11.5 Å². The van der Waals surface area contributed by atoms with Crippen LogP contribution in [0.2, 0.25) is 5.02 Å². The lowest BCUT2D eigenvalue weighted by molar-refractivity contribution is 0.325. The summed E-state index contributed by atoms with van der Waals surface area (Å²) in [6.45, 7) is 1.33. The van der Waals surface area contributed by atoms with Crippen LogP contribution in [0.4, 0.5) is 0 Å². The van der Waals surface area contributed by atoms with E-state index in [9.17, 15) is 0 Å². The number of methoxy groups -OCH3 is 1. The SMILES string of the molecule is COc1cc(C2(CN)CCCC2)c(Cl)c2c1OCC2. The zero-order chi connectivity index (χ0) is 13.5. The average molecular weight is 282 g/mol. The molecular formula is C15H20ClNO2. The Balaban J connectivity index is 2.16. The Labute approximate surface area is 119 Å². The number of benzene rings is 1. The van der Waals surface area contributed by atoms with Crippen LogP contribution in [0.25, 0.3) is 0 Å². The first-order valence-electron chi connectivity index (χ1n) is 6.94. The molecule has 0 radical (unpaired) electrons. The van der Waals surface area contributed by atoms with Crippen LogP contribution in [0.3, 0.4) is 0 Å². The zero-order valence-corrected chi connectivity index (χ0v) is 12.1. The normalized spacial score (nSPS) is 20.2. The molecule has 4 heteroatoms. The Morgan fingerprint density at radius 1 is 1.42 bits per heavy atom. The second-order valence-electron chi connectivity index (χ2n) is 5.54. The minimum atomic E-state index is 0.0297. The van der Waals surface area contributed by atoms with Crippen LogP contribution >= 0.6 is 11.6 Å². The summed E-state index contributed by atoms with van der Waals surface area (Å²) in [7, 11) is 1.68. The van der Waals surface area contributed by atoms with Gasteiger partial charge in [-0.15, -0.1) is 0 Å². The fourth-order valence-corrected chi connectivity index (χ4v) is 3.92. The van der Waals surface area contributed by atoms with Gasteiger partial charge in [0.1, 0.15) is 0 Å². The molecule has 1 fully saturated rings. The fraction of sp³-hybridized carbons (Fsp3) is 0.600. The van der Waals surface area contributed by atoms with E-state index in [4.69, 9.17) is 26.8 Å². The lowest BCUT2D eigenvalue weighted by Gasteiger charge is -2.30. The van der Waals surface area contributed by atoms with Crippen molar-refractivity contribution < 1.29 is 9.47 Å². The Kier molecular flexibility index (Phi) is 3.35. The van der Waals surface area contributed by atoms with Gasteiger partial charge in [-0.2, -0.15) is 0 Å². The molecule has 1 saturated carbocycles. The van der Waals surface area contributed by atoms with Crippen LogP contribution in [0.15, 0.2) is 6.07 Å². The van der Waals surface area contributed by atoms with E-state index >= 15 is 0 Å². The standard InChI is InChI=1S/C15H20ClNO2/c1-18-12-8-11(15(9-17)5-2-3-6-15)13(16)10-4-7-19-14(10)12/h8H,2-7,9,17H2,1H3. The van der Waals surface area contributed by atoms with Crippen molar-refractivity contribution in [3.63, 3.8) is 0 Å². The van der Waals surface area contributed by atoms with E-state index in [0.717, 1.165) is 46.9 Å². The molecule has 1 aromatic carbocycles. The summed E-state index contributed by atoms with van der Waals surface area (Å²) in [4.78, 5) is 0. The fourth-order valence-electron chi connectivity index (χ4n) is 3.48. The molecule has 1 aromatic rings. The smallest absolute Gasteiger partial charge is 0.165 e. The maximum Gasteiger partial charge on any atom is 0.165 e. The zero-order valence-electron chi connectivity index (χ0n) is 11.3. The van der Waals surface area contributed by atoms with Crippen molar-refractivity contribution in [3.8, 4) is 11.5 Å². The van der Waals surface area contributed by atoms with Gasteiger partial charge in [-0.25, -0.2) is 0 Å². The van der Waals surface area contributed by atoms with E-state index in [-0.39, 0.29) is 5.41 Å². The summed E-state index contributed by atoms with van der Waals surface area (Å²) >= 11 is 6.64. The van der Waals surface area contributed by atoms with Gasteiger partial charge in [0.25, 0.3) is 0 Å². The molecule has 0 aromatic heterocycles. The molecule has 0 atom stereocenters. The van der Waals surface area contributed by atoms with Gasteiger partial charge in [0.15, 0.2) is 11.5 Å². The Morgan fingerprint density at radius 2 is 2.16 bits per heavy atom. The molecular weight excluding hydrogens is 262 g/mol. The van der Waals surface area contributed by atoms with Crippen LogP contribution in [0, 0.1) is 0 Å². The molecule has 0 spiro atoms. The second-order valence-corrected chi connectivity index (χ2v) is 5.92. The van der Waals surface area contributed by atoms with Gasteiger partial charge in [0, 0.05) is 23.9 Å². The molecule has 2 aliphatic rings. The first-order valence-corrected chi connectivity index (χ1v) is 7.32. The van der Waals surface area contributed by atoms with Crippen LogP contribution in [-0.4, -0.2) is 20.3 Å². The topological polar surface area (TPSA) is 44.5 Å². The van der Waals surface area contributed by atoms with E-state index in [1.807, 2.05) is 6.07 Å². The first kappa shape index (κ1) is 13.1. The molecule has 2 N–H and O–H groups in total. The third-order valence-electron chi connectivity index (χ3n) is 4.62. The van der Waals surface area contributed by atoms with Gasteiger partial charge in [-0.1, -0.05) is 24.4 Å². The van der Waals surface area contributed by atoms with Crippen LogP contribution in [0.1, 0.15) is 36.8 Å². The highest BCUT2D eigenvalue weighted by Gasteiger charge is 2.38. The van der Waals surface area contributed by atoms with Gasteiger partial charge in [-0.05, 0) is 24.5 Å². The van der Waals surface area contributed by atoms with Crippen molar-refractivity contribution in [2.24, 2.45) is 5.73 Å². The number of hydrogen-bond acceptors (Lipinski definition) is 3. The maximum absolute atomic E-state index is 6.64. The number of nitrogens with two attached hydrogens (primary N) is 1. The van der Waals surface area contributed by atoms with E-state index in [0.29, 0.717) is 13.2 Å². The summed E-state index contributed by atoms with van der Waals surface area (Å²) in [6, 6.07) is 2.05. The Morgan fingerprint density at radius 3 is 2.79 bits per heavy atom. The molecule has 0 bridgehead atoms. The molecule has 3 nitrogen and oxygen atoms in total. The first-order chi connectivity index (χ1) is 9.22. The van der Waals surface area contributed by atoms with Gasteiger partial charge in [0.2, 0.25) is 0 Å². The number of hydrogen-bond donors (Lipinski definition) is 1. The molecule has 1 aliphatic carbocycles. The number of rotatable bonds is 3. The van der Waals surface area contributed by atoms with Gasteiger partial charge >= 0.3 is 0 Å². The molecule has 1 heterocycles. The minimum Gasteiger partial charge on any atom is -0.493 e. The number of fused-ring (bicyclic) bond motifs is 1. The molecule has 0 saturated heterocycles. The van der Waals surface area contributed by atoms with Crippen molar-refractivity contribution in [1.82, 2.24) is 0 Å². The highest BCUT2D eigenvalue weighted by atomic mass is 35.5. The van der Waals surface area contributed by atoms with Crippen molar-refractivity contribution >= 4 is 11.6 Å². The average Bonchev–Trinajstić information content (AvgIpc) is 3.09. The van der Waals surface area contributed by atoms with Crippen LogP contribution in [-0.2, 0) is 11.8 Å². The highest BCUT2D eigenvalue weighted by molar-refractivity contribution is 6.32. The quantitative estimate of drug-likeness (QED) is 0.926. The summed E-state index contributed by atoms with van der Waals surface area (Å²) in [5.41, 5.74) is 8.36. The molecule has 3 rings (SSSR count). The predicted octanol–water partition coefficient (Wildman–Crippen LogP) is 3.05. The van der Waals surface area contributed by atoms with Gasteiger partial charge in [-0.3, -0.25) is 0 Å². The third-order valence-corrected chi connectivity index (χ3v) is 5.05. The third kappa shape index (κ3) is 1.91. The van der Waals surface area contributed by atoms with Gasteiger partial charge < -0.3 is 15.2 Å². The summed E-state index contributed by atoms with van der Waals surface area (Å²) in [5.74, 6) is 1.62. The summed E-state index contributed by atoms with van der Waals surface area (Å²) in [5, 5.41) is 0.848. The summed E-state index contributed by atoms with van der Waals surface area (Å²) in [6.07, 6.45) is 5.55. The Hall–Kier alpha value is -0.930. The Bertz CT molecular complexity index is 495. The number of ether oxygens (including phenoxy) is 2. The minimum absolute atomic E-state index is 0.0297. The summed E-state index contributed by atoms with van der Waals surface area (Å²) < 4.78 is 11.1. The molecule has 1 aliphatic heterocycles. The lowest BCUT2D eigenvalue weighted by atomic mass is 9.78. The molecule has 0 unspecified atom stereocenters. The van der Waals surface area contributed by atoms with E-state index < -0.39 is 0 Å². The van der Waals surface area contributed by atoms with E-state index in [1.165, 1.54) is 12.8 Å². The largest absolute Gasteiger partial charge is 0.493 e. The molecule has 19 heavy (non-hydrogen) atoms. The van der Waals surface area contributed by atoms with Crippen molar-refractivity contribution in [1.29, 1.82) is 0 Å². The highest BCUT2D eigenvalue weighted by Crippen LogP contribution is 2.49. The second kappa shape index (κ2) is 4.88. The van der Waals surface area contributed by atoms with Crippen molar-refractivity contribution in [2.45, 2.75) is 37.5 Å².